The summed E-state index contributed by atoms with van der Waals surface area (Å²) in [4.78, 5) is 0. The van der Waals surface area contributed by atoms with Crippen LogP contribution in [0.5, 0.6) is 0 Å². The topological polar surface area (TPSA) is 0 Å². The molecule has 0 N–H and O–H groups in total. The molecule has 53 valence electrons. The highest BCUT2D eigenvalue weighted by molar-refractivity contribution is 4.89. The highest BCUT2D eigenvalue weighted by Gasteiger charge is 1.93. The van der Waals surface area contributed by atoms with E-state index in [9.17, 15) is 0 Å². The van der Waals surface area contributed by atoms with Crippen molar-refractivity contribution < 1.29 is 0 Å². The Morgan fingerprint density at radius 1 is 1.56 bits per heavy atom. The molecule has 0 nitrogen and oxygen atoms in total. The van der Waals surface area contributed by atoms with Gasteiger partial charge in [0.2, 0.25) is 0 Å². The lowest BCUT2D eigenvalue weighted by Crippen LogP contribution is -1.87. The van der Waals surface area contributed by atoms with Crippen molar-refractivity contribution in [2.24, 2.45) is 5.92 Å². The maximum atomic E-state index is 3.83. The Kier molecular flexibility index (Phi) is 4.47. The van der Waals surface area contributed by atoms with E-state index >= 15 is 0 Å². The Balaban J connectivity index is 3.01. The average molecular weight is 125 g/mol. The molecule has 0 heterocycles. The van der Waals surface area contributed by atoms with Crippen molar-refractivity contribution in [3.63, 3.8) is 0 Å². The third-order valence-corrected chi connectivity index (χ3v) is 1.21. The van der Waals surface area contributed by atoms with Crippen LogP contribution in [0.4, 0.5) is 0 Å². The van der Waals surface area contributed by atoms with Crippen molar-refractivity contribution in [1.29, 1.82) is 0 Å². The smallest absolute Gasteiger partial charge is 0.0323 e. The third-order valence-electron chi connectivity index (χ3n) is 1.21. The van der Waals surface area contributed by atoms with Crippen LogP contribution in [0.1, 0.15) is 33.6 Å². The molecule has 0 rings (SSSR count). The quantitative estimate of drug-likeness (QED) is 0.506. The minimum absolute atomic E-state index is 0.726. The highest BCUT2D eigenvalue weighted by atomic mass is 14.0. The summed E-state index contributed by atoms with van der Waals surface area (Å²) >= 11 is 0. The fourth-order valence-electron chi connectivity index (χ4n) is 0.663. The van der Waals surface area contributed by atoms with Crippen molar-refractivity contribution >= 4 is 0 Å². The second-order valence-electron chi connectivity index (χ2n) is 2.98. The zero-order chi connectivity index (χ0) is 7.28. The summed E-state index contributed by atoms with van der Waals surface area (Å²) in [5.74, 6) is 0.726. The van der Waals surface area contributed by atoms with Crippen LogP contribution in [-0.2, 0) is 0 Å². The Labute approximate surface area is 59.0 Å². The van der Waals surface area contributed by atoms with Gasteiger partial charge >= 0.3 is 0 Å². The number of allylic oxidation sites excluding steroid dienone is 1. The van der Waals surface area contributed by atoms with Gasteiger partial charge in [-0.2, -0.15) is 0 Å². The molecule has 0 aliphatic rings. The molecule has 0 saturated heterocycles. The molecule has 0 aromatic rings. The molecule has 0 amide bonds. The van der Waals surface area contributed by atoms with Gasteiger partial charge in [0.15, 0.2) is 0 Å². The highest BCUT2D eigenvalue weighted by Crippen LogP contribution is 2.08. The SMILES string of the molecule is C=C(C)CC[CH]C(C)C. The molecule has 0 aliphatic heterocycles. The van der Waals surface area contributed by atoms with E-state index in [4.69, 9.17) is 0 Å². The molecule has 0 heteroatoms. The molecular formula is C9H17. The zero-order valence-corrected chi connectivity index (χ0v) is 6.78. The molecular weight excluding hydrogens is 108 g/mol. The minimum atomic E-state index is 0.726. The van der Waals surface area contributed by atoms with E-state index in [0.717, 1.165) is 12.3 Å². The van der Waals surface area contributed by atoms with E-state index in [1.165, 1.54) is 12.0 Å². The molecule has 0 aliphatic carbocycles. The summed E-state index contributed by atoms with van der Waals surface area (Å²) in [5.41, 5.74) is 1.28. The third kappa shape index (κ3) is 7.74. The molecule has 0 aromatic heterocycles. The number of hydrogen-bond acceptors (Lipinski definition) is 0. The van der Waals surface area contributed by atoms with Crippen LogP contribution in [0.2, 0.25) is 0 Å². The lowest BCUT2D eigenvalue weighted by molar-refractivity contribution is 0.699. The van der Waals surface area contributed by atoms with Crippen LogP contribution in [0.15, 0.2) is 12.2 Å². The largest absolute Gasteiger partial charge is 0.100 e. The minimum Gasteiger partial charge on any atom is -0.100 e. The predicted octanol–water partition coefficient (Wildman–Crippen LogP) is 3.20. The van der Waals surface area contributed by atoms with Crippen molar-refractivity contribution in [3.8, 4) is 0 Å². The maximum absolute atomic E-state index is 3.83. The standard InChI is InChI=1S/C9H17/c1-8(2)6-5-7-9(3)4/h7,9H,1,5-6H2,2-4H3. The van der Waals surface area contributed by atoms with Gasteiger partial charge in [0, 0.05) is 0 Å². The van der Waals surface area contributed by atoms with Crippen LogP contribution in [0.25, 0.3) is 0 Å². The molecule has 0 atom stereocenters. The molecule has 9 heavy (non-hydrogen) atoms. The summed E-state index contributed by atoms with van der Waals surface area (Å²) in [5, 5.41) is 0. The van der Waals surface area contributed by atoms with Gasteiger partial charge in [0.25, 0.3) is 0 Å². The predicted molar refractivity (Wildman–Crippen MR) is 43.2 cm³/mol. The molecule has 0 spiro atoms. The van der Waals surface area contributed by atoms with Gasteiger partial charge in [-0.3, -0.25) is 0 Å². The van der Waals surface area contributed by atoms with E-state index in [1.807, 2.05) is 0 Å². The Hall–Kier alpha value is -0.260. The first-order valence-electron chi connectivity index (χ1n) is 3.60. The van der Waals surface area contributed by atoms with Gasteiger partial charge < -0.3 is 0 Å². The van der Waals surface area contributed by atoms with E-state index in [0.29, 0.717) is 0 Å². The van der Waals surface area contributed by atoms with Gasteiger partial charge in [-0.15, -0.1) is 6.58 Å². The molecule has 0 fully saturated rings. The summed E-state index contributed by atoms with van der Waals surface area (Å²) in [6, 6.07) is 0. The normalized spacial score (nSPS) is 10.2. The summed E-state index contributed by atoms with van der Waals surface area (Å²) in [6.45, 7) is 10.3. The van der Waals surface area contributed by atoms with Gasteiger partial charge in [-0.25, -0.2) is 0 Å². The molecule has 0 saturated carbocycles. The first-order chi connectivity index (χ1) is 4.13. The average Bonchev–Trinajstić information content (AvgIpc) is 1.63. The zero-order valence-electron chi connectivity index (χ0n) is 6.78. The summed E-state index contributed by atoms with van der Waals surface area (Å²) in [7, 11) is 0. The van der Waals surface area contributed by atoms with Crippen molar-refractivity contribution in [1.82, 2.24) is 0 Å². The number of hydrogen-bond donors (Lipinski definition) is 0. The van der Waals surface area contributed by atoms with Crippen LogP contribution in [-0.4, -0.2) is 0 Å². The van der Waals surface area contributed by atoms with Crippen LogP contribution in [0.3, 0.4) is 0 Å². The van der Waals surface area contributed by atoms with E-state index < -0.39 is 0 Å². The van der Waals surface area contributed by atoms with E-state index in [-0.39, 0.29) is 0 Å². The fraction of sp³-hybridized carbons (Fsp3) is 0.667. The molecule has 1 radical (unpaired) electrons. The summed E-state index contributed by atoms with van der Waals surface area (Å²) < 4.78 is 0. The van der Waals surface area contributed by atoms with Crippen molar-refractivity contribution in [2.45, 2.75) is 33.6 Å². The summed E-state index contributed by atoms with van der Waals surface area (Å²) in [6.07, 6.45) is 4.67. The first-order valence-corrected chi connectivity index (χ1v) is 3.60. The van der Waals surface area contributed by atoms with Crippen molar-refractivity contribution in [2.75, 3.05) is 0 Å². The maximum Gasteiger partial charge on any atom is -0.0323 e. The first kappa shape index (κ1) is 8.74. The Bertz CT molecular complexity index is 80.0. The monoisotopic (exact) mass is 125 g/mol. The van der Waals surface area contributed by atoms with Gasteiger partial charge in [-0.1, -0.05) is 19.4 Å². The Morgan fingerprint density at radius 2 is 2.11 bits per heavy atom. The molecule has 0 unspecified atom stereocenters. The van der Waals surface area contributed by atoms with Gasteiger partial charge in [0.1, 0.15) is 0 Å². The van der Waals surface area contributed by atoms with Crippen LogP contribution < -0.4 is 0 Å². The molecule has 0 aromatic carbocycles. The van der Waals surface area contributed by atoms with E-state index in [1.54, 1.807) is 0 Å². The van der Waals surface area contributed by atoms with Gasteiger partial charge in [0.05, 0.1) is 0 Å². The van der Waals surface area contributed by atoms with E-state index in [2.05, 4.69) is 33.8 Å². The molecule has 0 bridgehead atoms. The Morgan fingerprint density at radius 3 is 2.44 bits per heavy atom. The second-order valence-corrected chi connectivity index (χ2v) is 2.98. The van der Waals surface area contributed by atoms with Crippen LogP contribution >= 0.6 is 0 Å². The lowest BCUT2D eigenvalue weighted by atomic mass is 10.0. The second kappa shape index (κ2) is 4.60. The lowest BCUT2D eigenvalue weighted by Gasteiger charge is -2.01. The van der Waals surface area contributed by atoms with Gasteiger partial charge in [-0.05, 0) is 32.1 Å². The van der Waals surface area contributed by atoms with Crippen molar-refractivity contribution in [3.05, 3.63) is 18.6 Å². The number of rotatable bonds is 4. The fourth-order valence-corrected chi connectivity index (χ4v) is 0.663. The van der Waals surface area contributed by atoms with Crippen LogP contribution in [0, 0.1) is 12.3 Å².